The molecule has 0 bridgehead atoms. The van der Waals surface area contributed by atoms with Crippen LogP contribution in [0.4, 0.5) is 0 Å². The van der Waals surface area contributed by atoms with Gasteiger partial charge in [-0.3, -0.25) is 9.59 Å². The number of benzene rings is 1. The molecule has 0 spiro atoms. The van der Waals surface area contributed by atoms with Gasteiger partial charge < -0.3 is 10.0 Å². The van der Waals surface area contributed by atoms with Gasteiger partial charge in [-0.2, -0.15) is 0 Å². The van der Waals surface area contributed by atoms with Gasteiger partial charge in [-0.25, -0.2) is 0 Å². The van der Waals surface area contributed by atoms with Gasteiger partial charge in [0.15, 0.2) is 0 Å². The minimum absolute atomic E-state index is 0.0212. The van der Waals surface area contributed by atoms with Crippen molar-refractivity contribution < 1.29 is 14.7 Å². The summed E-state index contributed by atoms with van der Waals surface area (Å²) in [6.07, 6.45) is 1.94. The van der Waals surface area contributed by atoms with Gasteiger partial charge in [0.2, 0.25) is 0 Å². The van der Waals surface area contributed by atoms with Crippen LogP contribution in [0.1, 0.15) is 30.6 Å². The highest BCUT2D eigenvalue weighted by Gasteiger charge is 2.19. The Hall–Kier alpha value is -1.49. The fourth-order valence-electron chi connectivity index (χ4n) is 1.71. The lowest BCUT2D eigenvalue weighted by Crippen LogP contribution is -2.38. The maximum atomic E-state index is 12.3. The van der Waals surface area contributed by atoms with Gasteiger partial charge in [0.25, 0.3) is 5.91 Å². The maximum Gasteiger partial charge on any atom is 0.305 e. The number of carbonyl (C=O) groups is 2. The van der Waals surface area contributed by atoms with E-state index in [1.54, 1.807) is 28.8 Å². The number of rotatable bonds is 6. The van der Waals surface area contributed by atoms with E-state index >= 15 is 0 Å². The third kappa shape index (κ3) is 4.59. The summed E-state index contributed by atoms with van der Waals surface area (Å²) in [7, 11) is 0. The van der Waals surface area contributed by atoms with Crippen LogP contribution in [0.15, 0.2) is 29.2 Å². The van der Waals surface area contributed by atoms with E-state index in [9.17, 15) is 9.59 Å². The molecule has 104 valence electrons. The van der Waals surface area contributed by atoms with Crippen molar-refractivity contribution in [2.24, 2.45) is 0 Å². The number of hydrogen-bond donors (Lipinski definition) is 1. The summed E-state index contributed by atoms with van der Waals surface area (Å²) in [4.78, 5) is 25.6. The van der Waals surface area contributed by atoms with Crippen molar-refractivity contribution in [1.29, 1.82) is 0 Å². The van der Waals surface area contributed by atoms with Crippen molar-refractivity contribution >= 4 is 23.6 Å². The molecule has 0 atom stereocenters. The van der Waals surface area contributed by atoms with E-state index in [0.29, 0.717) is 5.56 Å². The summed E-state index contributed by atoms with van der Waals surface area (Å²) in [6.45, 7) is 4.00. The lowest BCUT2D eigenvalue weighted by Gasteiger charge is -2.26. The Kier molecular flexibility index (Phi) is 5.89. The number of thioether (sulfide) groups is 1. The quantitative estimate of drug-likeness (QED) is 0.815. The third-order valence-electron chi connectivity index (χ3n) is 2.79. The Balaban J connectivity index is 2.82. The summed E-state index contributed by atoms with van der Waals surface area (Å²) >= 11 is 1.62. The fraction of sp³-hybridized carbons (Fsp3) is 0.429. The molecule has 0 fully saturated rings. The second-order valence-corrected chi connectivity index (χ2v) is 5.34. The molecule has 19 heavy (non-hydrogen) atoms. The van der Waals surface area contributed by atoms with Crippen LogP contribution >= 0.6 is 11.8 Å². The first kappa shape index (κ1) is 15.6. The summed E-state index contributed by atoms with van der Waals surface area (Å²) in [5.41, 5.74) is 0.594. The average Bonchev–Trinajstić information content (AvgIpc) is 2.38. The first-order valence-corrected chi connectivity index (χ1v) is 7.35. The molecule has 1 amide bonds. The molecule has 0 aliphatic heterocycles. The Morgan fingerprint density at radius 1 is 1.26 bits per heavy atom. The molecule has 0 aliphatic carbocycles. The van der Waals surface area contributed by atoms with Crippen molar-refractivity contribution in [3.8, 4) is 0 Å². The Bertz CT molecular complexity index is 443. The molecule has 1 N–H and O–H groups in total. The van der Waals surface area contributed by atoms with Gasteiger partial charge >= 0.3 is 5.97 Å². The zero-order valence-corrected chi connectivity index (χ0v) is 12.2. The monoisotopic (exact) mass is 281 g/mol. The van der Waals surface area contributed by atoms with Crippen LogP contribution in [0.25, 0.3) is 0 Å². The Labute approximate surface area is 117 Å². The molecule has 0 aromatic heterocycles. The van der Waals surface area contributed by atoms with Gasteiger partial charge in [0.05, 0.1) is 6.42 Å². The number of nitrogens with zero attached hydrogens (tertiary/aromatic N) is 1. The molecule has 0 aliphatic rings. The molecule has 1 aromatic carbocycles. The lowest BCUT2D eigenvalue weighted by molar-refractivity contribution is -0.137. The predicted octanol–water partition coefficient (Wildman–Crippen LogP) is 2.73. The Morgan fingerprint density at radius 2 is 1.84 bits per heavy atom. The largest absolute Gasteiger partial charge is 0.481 e. The van der Waals surface area contributed by atoms with Crippen LogP contribution in [0, 0.1) is 0 Å². The molecular weight excluding hydrogens is 262 g/mol. The first-order valence-electron chi connectivity index (χ1n) is 6.12. The van der Waals surface area contributed by atoms with E-state index in [2.05, 4.69) is 0 Å². The number of carboxylic acids is 1. The Morgan fingerprint density at radius 3 is 2.26 bits per heavy atom. The standard InChI is InChI=1S/C14H19NO3S/c1-10(2)15(9-8-13(16)17)14(18)11-4-6-12(19-3)7-5-11/h4-7,10H,8-9H2,1-3H3,(H,16,17). The van der Waals surface area contributed by atoms with Crippen LogP contribution in [0.3, 0.4) is 0 Å². The third-order valence-corrected chi connectivity index (χ3v) is 3.53. The van der Waals surface area contributed by atoms with Crippen LogP contribution in [0.5, 0.6) is 0 Å². The number of carbonyl (C=O) groups excluding carboxylic acids is 1. The second kappa shape index (κ2) is 7.19. The van der Waals surface area contributed by atoms with E-state index in [0.717, 1.165) is 4.90 Å². The molecule has 0 heterocycles. The normalized spacial score (nSPS) is 10.5. The number of carboxylic acid groups (broad SMARTS) is 1. The number of aliphatic carboxylic acids is 1. The van der Waals surface area contributed by atoms with Crippen molar-refractivity contribution in [3.63, 3.8) is 0 Å². The zero-order chi connectivity index (χ0) is 14.4. The van der Waals surface area contributed by atoms with Gasteiger partial charge in [-0.15, -0.1) is 11.8 Å². The van der Waals surface area contributed by atoms with E-state index in [1.165, 1.54) is 0 Å². The number of amides is 1. The highest BCUT2D eigenvalue weighted by molar-refractivity contribution is 7.98. The van der Waals surface area contributed by atoms with Crippen LogP contribution in [-0.4, -0.2) is 40.7 Å². The molecule has 0 radical (unpaired) electrons. The second-order valence-electron chi connectivity index (χ2n) is 4.46. The molecule has 4 nitrogen and oxygen atoms in total. The summed E-state index contributed by atoms with van der Waals surface area (Å²) in [6, 6.07) is 7.34. The van der Waals surface area contributed by atoms with Crippen molar-refractivity contribution in [2.45, 2.75) is 31.2 Å². The molecule has 1 rings (SSSR count). The van der Waals surface area contributed by atoms with E-state index in [1.807, 2.05) is 32.2 Å². The summed E-state index contributed by atoms with van der Waals surface area (Å²) in [5, 5.41) is 8.72. The molecule has 1 aromatic rings. The van der Waals surface area contributed by atoms with Crippen molar-refractivity contribution in [2.75, 3.05) is 12.8 Å². The molecule has 0 unspecified atom stereocenters. The molecule has 5 heteroatoms. The summed E-state index contributed by atoms with van der Waals surface area (Å²) in [5.74, 6) is -1.01. The average molecular weight is 281 g/mol. The van der Waals surface area contributed by atoms with Gasteiger partial charge in [0, 0.05) is 23.0 Å². The van der Waals surface area contributed by atoms with Crippen LogP contribution in [0.2, 0.25) is 0 Å². The predicted molar refractivity (Wildman–Crippen MR) is 76.6 cm³/mol. The highest BCUT2D eigenvalue weighted by atomic mass is 32.2. The fourth-order valence-corrected chi connectivity index (χ4v) is 2.12. The molecule has 0 saturated heterocycles. The first-order chi connectivity index (χ1) is 8.95. The molecule has 0 saturated carbocycles. The minimum atomic E-state index is -0.892. The maximum absolute atomic E-state index is 12.3. The lowest BCUT2D eigenvalue weighted by atomic mass is 10.1. The highest BCUT2D eigenvalue weighted by Crippen LogP contribution is 2.16. The van der Waals surface area contributed by atoms with Crippen molar-refractivity contribution in [3.05, 3.63) is 29.8 Å². The van der Waals surface area contributed by atoms with Crippen LogP contribution < -0.4 is 0 Å². The molecular formula is C14H19NO3S. The van der Waals surface area contributed by atoms with Crippen molar-refractivity contribution in [1.82, 2.24) is 4.90 Å². The van der Waals surface area contributed by atoms with E-state index in [-0.39, 0.29) is 24.9 Å². The van der Waals surface area contributed by atoms with Gasteiger partial charge in [-0.1, -0.05) is 0 Å². The number of hydrogen-bond acceptors (Lipinski definition) is 3. The minimum Gasteiger partial charge on any atom is -0.481 e. The topological polar surface area (TPSA) is 57.6 Å². The summed E-state index contributed by atoms with van der Waals surface area (Å²) < 4.78 is 0. The SMILES string of the molecule is CSc1ccc(C(=O)N(CCC(=O)O)C(C)C)cc1. The van der Waals surface area contributed by atoms with Gasteiger partial charge in [-0.05, 0) is 44.4 Å². The van der Waals surface area contributed by atoms with E-state index in [4.69, 9.17) is 5.11 Å². The smallest absolute Gasteiger partial charge is 0.305 e. The van der Waals surface area contributed by atoms with Crippen LogP contribution in [-0.2, 0) is 4.79 Å². The van der Waals surface area contributed by atoms with Gasteiger partial charge in [0.1, 0.15) is 0 Å². The van der Waals surface area contributed by atoms with E-state index < -0.39 is 5.97 Å². The zero-order valence-electron chi connectivity index (χ0n) is 11.4.